The standard InChI is InChI=1S/C22H31N5OS/c1-15(2)23-21(28)19-8-6-18(7-9-19)14-29-22-24-17(4)16(3)20(25-22)27-12-10-26(5)11-13-27/h6-9,15H,10-14H2,1-5H3,(H,23,28). The summed E-state index contributed by atoms with van der Waals surface area (Å²) in [5, 5.41) is 3.73. The number of aromatic nitrogens is 2. The van der Waals surface area contributed by atoms with E-state index in [0.29, 0.717) is 5.56 Å². The van der Waals surface area contributed by atoms with Crippen LogP contribution in [-0.4, -0.2) is 60.0 Å². The Hall–Kier alpha value is -2.12. The predicted octanol–water partition coefficient (Wildman–Crippen LogP) is 3.28. The van der Waals surface area contributed by atoms with Crippen LogP contribution in [0.1, 0.15) is 41.0 Å². The van der Waals surface area contributed by atoms with Crippen molar-refractivity contribution < 1.29 is 4.79 Å². The molecule has 1 aliphatic rings. The van der Waals surface area contributed by atoms with E-state index in [1.54, 1.807) is 11.8 Å². The first-order valence-electron chi connectivity index (χ1n) is 10.1. The van der Waals surface area contributed by atoms with Crippen molar-refractivity contribution in [2.75, 3.05) is 38.1 Å². The number of hydrogen-bond donors (Lipinski definition) is 1. The highest BCUT2D eigenvalue weighted by Crippen LogP contribution is 2.26. The Morgan fingerprint density at radius 1 is 1.10 bits per heavy atom. The molecule has 2 heterocycles. The van der Waals surface area contributed by atoms with E-state index in [1.165, 1.54) is 5.56 Å². The highest BCUT2D eigenvalue weighted by Gasteiger charge is 2.19. The summed E-state index contributed by atoms with van der Waals surface area (Å²) in [6, 6.07) is 7.90. The molecule has 0 unspecified atom stereocenters. The Balaban J connectivity index is 1.67. The van der Waals surface area contributed by atoms with Crippen LogP contribution in [0.5, 0.6) is 0 Å². The number of anilines is 1. The van der Waals surface area contributed by atoms with E-state index in [-0.39, 0.29) is 11.9 Å². The molecule has 1 fully saturated rings. The van der Waals surface area contributed by atoms with Gasteiger partial charge in [-0.15, -0.1) is 0 Å². The van der Waals surface area contributed by atoms with Crippen molar-refractivity contribution in [2.24, 2.45) is 0 Å². The second kappa shape index (κ2) is 9.59. The van der Waals surface area contributed by atoms with Crippen molar-refractivity contribution >= 4 is 23.5 Å². The first kappa shape index (κ1) is 21.6. The number of carbonyl (C=O) groups is 1. The Morgan fingerprint density at radius 2 is 1.76 bits per heavy atom. The number of piperazine rings is 1. The molecule has 156 valence electrons. The molecule has 1 aromatic heterocycles. The van der Waals surface area contributed by atoms with Gasteiger partial charge in [-0.3, -0.25) is 4.79 Å². The van der Waals surface area contributed by atoms with E-state index in [9.17, 15) is 4.79 Å². The maximum atomic E-state index is 12.1. The number of rotatable bonds is 6. The molecular weight excluding hydrogens is 382 g/mol. The molecule has 0 saturated carbocycles. The third-order valence-corrected chi connectivity index (χ3v) is 6.07. The summed E-state index contributed by atoms with van der Waals surface area (Å²) >= 11 is 1.64. The SMILES string of the molecule is Cc1nc(SCc2ccc(C(=O)NC(C)C)cc2)nc(N2CCN(C)CC2)c1C. The van der Waals surface area contributed by atoms with Gasteiger partial charge in [0.25, 0.3) is 5.91 Å². The molecule has 1 aromatic carbocycles. The summed E-state index contributed by atoms with van der Waals surface area (Å²) in [6.07, 6.45) is 0. The maximum Gasteiger partial charge on any atom is 0.251 e. The second-order valence-electron chi connectivity index (χ2n) is 7.94. The molecule has 1 aliphatic heterocycles. The molecule has 0 atom stereocenters. The molecule has 6 nitrogen and oxygen atoms in total. The molecule has 3 rings (SSSR count). The molecule has 7 heteroatoms. The van der Waals surface area contributed by atoms with Crippen LogP contribution in [0, 0.1) is 13.8 Å². The van der Waals surface area contributed by atoms with Gasteiger partial charge in [-0.25, -0.2) is 9.97 Å². The molecule has 29 heavy (non-hydrogen) atoms. The average molecular weight is 414 g/mol. The van der Waals surface area contributed by atoms with Gasteiger partial charge in [0, 0.05) is 54.8 Å². The number of nitrogens with one attached hydrogen (secondary N) is 1. The summed E-state index contributed by atoms with van der Waals surface area (Å²) < 4.78 is 0. The molecule has 2 aromatic rings. The summed E-state index contributed by atoms with van der Waals surface area (Å²) in [5.74, 6) is 1.80. The van der Waals surface area contributed by atoms with Crippen molar-refractivity contribution in [3.05, 3.63) is 46.6 Å². The fourth-order valence-electron chi connectivity index (χ4n) is 3.23. The van der Waals surface area contributed by atoms with E-state index in [2.05, 4.69) is 41.0 Å². The van der Waals surface area contributed by atoms with Crippen molar-refractivity contribution in [2.45, 2.75) is 44.6 Å². The van der Waals surface area contributed by atoms with Gasteiger partial charge in [0.1, 0.15) is 5.82 Å². The Morgan fingerprint density at radius 3 is 2.38 bits per heavy atom. The molecule has 0 radical (unpaired) electrons. The topological polar surface area (TPSA) is 61.4 Å². The van der Waals surface area contributed by atoms with Gasteiger partial charge in [0.15, 0.2) is 5.16 Å². The zero-order valence-electron chi connectivity index (χ0n) is 18.0. The number of amides is 1. The largest absolute Gasteiger partial charge is 0.354 e. The summed E-state index contributed by atoms with van der Waals surface area (Å²) in [5.41, 5.74) is 4.04. The zero-order chi connectivity index (χ0) is 21.0. The Bertz CT molecular complexity index is 845. The first-order chi connectivity index (χ1) is 13.8. The Labute approximate surface area is 178 Å². The summed E-state index contributed by atoms with van der Waals surface area (Å²) in [7, 11) is 2.16. The molecule has 1 amide bonds. The Kier molecular flexibility index (Phi) is 7.14. The average Bonchev–Trinajstić information content (AvgIpc) is 2.69. The van der Waals surface area contributed by atoms with Gasteiger partial charge < -0.3 is 15.1 Å². The van der Waals surface area contributed by atoms with E-state index < -0.39 is 0 Å². The van der Waals surface area contributed by atoms with E-state index in [0.717, 1.165) is 54.2 Å². The number of aryl methyl sites for hydroxylation is 1. The van der Waals surface area contributed by atoms with Crippen LogP contribution in [0.15, 0.2) is 29.4 Å². The minimum absolute atomic E-state index is 0.0338. The lowest BCUT2D eigenvalue weighted by atomic mass is 10.1. The van der Waals surface area contributed by atoms with Crippen molar-refractivity contribution in [1.82, 2.24) is 20.2 Å². The number of hydrogen-bond acceptors (Lipinski definition) is 6. The van der Waals surface area contributed by atoms with Crippen LogP contribution in [0.3, 0.4) is 0 Å². The van der Waals surface area contributed by atoms with Gasteiger partial charge in [-0.05, 0) is 52.4 Å². The van der Waals surface area contributed by atoms with Crippen LogP contribution in [-0.2, 0) is 5.75 Å². The quantitative estimate of drug-likeness (QED) is 0.579. The van der Waals surface area contributed by atoms with Gasteiger partial charge in [-0.1, -0.05) is 23.9 Å². The van der Waals surface area contributed by atoms with Crippen molar-refractivity contribution in [1.29, 1.82) is 0 Å². The minimum atomic E-state index is -0.0338. The first-order valence-corrected chi connectivity index (χ1v) is 11.1. The van der Waals surface area contributed by atoms with Crippen molar-refractivity contribution in [3.8, 4) is 0 Å². The second-order valence-corrected chi connectivity index (χ2v) is 8.89. The van der Waals surface area contributed by atoms with Gasteiger partial charge in [0.2, 0.25) is 0 Å². The van der Waals surface area contributed by atoms with Crippen LogP contribution in [0.25, 0.3) is 0 Å². The van der Waals surface area contributed by atoms with Gasteiger partial charge in [-0.2, -0.15) is 0 Å². The maximum absolute atomic E-state index is 12.1. The lowest BCUT2D eigenvalue weighted by Gasteiger charge is -2.34. The third kappa shape index (κ3) is 5.70. The number of carbonyl (C=O) groups excluding carboxylic acids is 1. The van der Waals surface area contributed by atoms with Gasteiger partial charge in [0.05, 0.1) is 0 Å². The van der Waals surface area contributed by atoms with Crippen LogP contribution in [0.2, 0.25) is 0 Å². The van der Waals surface area contributed by atoms with Crippen LogP contribution in [0.4, 0.5) is 5.82 Å². The monoisotopic (exact) mass is 413 g/mol. The lowest BCUT2D eigenvalue weighted by Crippen LogP contribution is -2.45. The molecule has 0 aliphatic carbocycles. The highest BCUT2D eigenvalue weighted by molar-refractivity contribution is 7.98. The van der Waals surface area contributed by atoms with E-state index in [4.69, 9.17) is 4.98 Å². The fourth-order valence-corrected chi connectivity index (χ4v) is 4.07. The zero-order valence-corrected chi connectivity index (χ0v) is 18.8. The van der Waals surface area contributed by atoms with Gasteiger partial charge >= 0.3 is 0 Å². The fraction of sp³-hybridized carbons (Fsp3) is 0.500. The minimum Gasteiger partial charge on any atom is -0.354 e. The highest BCUT2D eigenvalue weighted by atomic mass is 32.2. The number of benzene rings is 1. The predicted molar refractivity (Wildman–Crippen MR) is 120 cm³/mol. The van der Waals surface area contributed by atoms with E-state index >= 15 is 0 Å². The molecular formula is C22H31N5OS. The smallest absolute Gasteiger partial charge is 0.251 e. The normalized spacial score (nSPS) is 15.0. The van der Waals surface area contributed by atoms with E-state index in [1.807, 2.05) is 38.1 Å². The molecule has 0 spiro atoms. The van der Waals surface area contributed by atoms with Crippen molar-refractivity contribution in [3.63, 3.8) is 0 Å². The molecule has 1 saturated heterocycles. The number of nitrogens with zero attached hydrogens (tertiary/aromatic N) is 4. The summed E-state index contributed by atoms with van der Waals surface area (Å²) in [6.45, 7) is 12.2. The number of thioether (sulfide) groups is 1. The number of likely N-dealkylation sites (N-methyl/N-ethyl adjacent to an activating group) is 1. The van der Waals surface area contributed by atoms with Crippen LogP contribution < -0.4 is 10.2 Å². The molecule has 1 N–H and O–H groups in total. The molecule has 0 bridgehead atoms. The third-order valence-electron chi connectivity index (χ3n) is 5.15. The lowest BCUT2D eigenvalue weighted by molar-refractivity contribution is 0.0943. The van der Waals surface area contributed by atoms with Crippen LogP contribution >= 0.6 is 11.8 Å². The summed E-state index contributed by atoms with van der Waals surface area (Å²) in [4.78, 5) is 26.4.